The summed E-state index contributed by atoms with van der Waals surface area (Å²) in [6, 6.07) is 30.8. The summed E-state index contributed by atoms with van der Waals surface area (Å²) in [5, 5.41) is 1.87. The zero-order chi connectivity index (χ0) is 16.1. The first kappa shape index (κ1) is 15.6. The Morgan fingerprint density at radius 3 is 1.48 bits per heavy atom. The highest BCUT2D eigenvalue weighted by Gasteiger charge is 2.37. The van der Waals surface area contributed by atoms with Gasteiger partial charge in [-0.2, -0.15) is 0 Å². The van der Waals surface area contributed by atoms with Crippen molar-refractivity contribution in [2.45, 2.75) is 12.1 Å². The van der Waals surface area contributed by atoms with Crippen molar-refractivity contribution in [3.05, 3.63) is 96.6 Å². The molecule has 0 amide bonds. The van der Waals surface area contributed by atoms with E-state index in [1.807, 2.05) is 54.6 Å². The Morgan fingerprint density at radius 2 is 1.09 bits per heavy atom. The molecule has 0 heterocycles. The third-order valence-electron chi connectivity index (χ3n) is 4.08. The molecule has 0 N–H and O–H groups in total. The van der Waals surface area contributed by atoms with E-state index in [9.17, 15) is 4.79 Å². The molecule has 0 saturated carbocycles. The van der Waals surface area contributed by atoms with E-state index in [-0.39, 0.29) is 0 Å². The van der Waals surface area contributed by atoms with Gasteiger partial charge in [-0.05, 0) is 31.0 Å². The van der Waals surface area contributed by atoms with Crippen LogP contribution < -0.4 is 10.6 Å². The SMILES string of the molecule is CC(C=O)(c1ccccc1)P(c1ccccc1)c1ccccc1. The predicted octanol–water partition coefficient (Wildman–Crippen LogP) is 4.23. The topological polar surface area (TPSA) is 17.1 Å². The van der Waals surface area contributed by atoms with Crippen molar-refractivity contribution in [1.82, 2.24) is 0 Å². The van der Waals surface area contributed by atoms with Crippen LogP contribution in [0.3, 0.4) is 0 Å². The number of hydrogen-bond donors (Lipinski definition) is 0. The van der Waals surface area contributed by atoms with Gasteiger partial charge in [0.15, 0.2) is 0 Å². The zero-order valence-corrected chi connectivity index (χ0v) is 14.0. The monoisotopic (exact) mass is 318 g/mol. The number of rotatable bonds is 5. The van der Waals surface area contributed by atoms with E-state index in [1.165, 1.54) is 10.6 Å². The Balaban J connectivity index is 2.20. The van der Waals surface area contributed by atoms with Crippen molar-refractivity contribution < 1.29 is 4.79 Å². The number of carbonyl (C=O) groups is 1. The molecule has 0 bridgehead atoms. The molecule has 0 aliphatic heterocycles. The van der Waals surface area contributed by atoms with Crippen LogP contribution in [0.25, 0.3) is 0 Å². The highest BCUT2D eigenvalue weighted by molar-refractivity contribution is 7.74. The molecule has 0 fully saturated rings. The Hall–Kier alpha value is -2.24. The van der Waals surface area contributed by atoms with Gasteiger partial charge in [-0.15, -0.1) is 0 Å². The molecular formula is C21H19OP. The van der Waals surface area contributed by atoms with Gasteiger partial charge in [0, 0.05) is 0 Å². The molecule has 114 valence electrons. The second-order valence-electron chi connectivity index (χ2n) is 5.64. The Morgan fingerprint density at radius 1 is 0.696 bits per heavy atom. The van der Waals surface area contributed by atoms with Gasteiger partial charge < -0.3 is 4.79 Å². The van der Waals surface area contributed by atoms with Gasteiger partial charge in [-0.25, -0.2) is 0 Å². The van der Waals surface area contributed by atoms with Crippen LogP contribution in [0.4, 0.5) is 0 Å². The minimum absolute atomic E-state index is 0.556. The summed E-state index contributed by atoms with van der Waals surface area (Å²) in [6.45, 7) is 2.06. The average molecular weight is 318 g/mol. The molecule has 0 aromatic heterocycles. The highest BCUT2D eigenvalue weighted by atomic mass is 31.1. The van der Waals surface area contributed by atoms with Crippen molar-refractivity contribution in [3.8, 4) is 0 Å². The summed E-state index contributed by atoms with van der Waals surface area (Å²) in [6.07, 6.45) is 1.12. The molecule has 2 heteroatoms. The standard InChI is InChI=1S/C21H19OP/c1-21(17-22,18-11-5-2-6-12-18)23(19-13-7-3-8-14-19)20-15-9-4-10-16-20/h2-17H,1H3. The Labute approximate surface area is 138 Å². The Bertz CT molecular complexity index is 716. The van der Waals surface area contributed by atoms with Gasteiger partial charge in [0.05, 0.1) is 5.16 Å². The van der Waals surface area contributed by atoms with Gasteiger partial charge in [0.25, 0.3) is 0 Å². The lowest BCUT2D eigenvalue weighted by Crippen LogP contribution is -2.31. The minimum atomic E-state index is -0.841. The normalized spacial score (nSPS) is 13.5. The van der Waals surface area contributed by atoms with Crippen molar-refractivity contribution in [3.63, 3.8) is 0 Å². The van der Waals surface area contributed by atoms with Crippen LogP contribution in [0.2, 0.25) is 0 Å². The molecule has 0 aliphatic carbocycles. The van der Waals surface area contributed by atoms with Gasteiger partial charge in [0.1, 0.15) is 6.29 Å². The van der Waals surface area contributed by atoms with Gasteiger partial charge in [-0.1, -0.05) is 91.0 Å². The molecule has 3 rings (SSSR count). The van der Waals surface area contributed by atoms with E-state index in [1.54, 1.807) is 0 Å². The van der Waals surface area contributed by atoms with Crippen molar-refractivity contribution in [2.75, 3.05) is 0 Å². The quantitative estimate of drug-likeness (QED) is 0.508. The second kappa shape index (κ2) is 6.89. The molecule has 0 spiro atoms. The molecule has 0 saturated heterocycles. The maximum atomic E-state index is 12.2. The fourth-order valence-corrected chi connectivity index (χ4v) is 5.69. The number of aldehydes is 1. The molecule has 3 aromatic carbocycles. The summed E-state index contributed by atoms with van der Waals surface area (Å²) < 4.78 is 0. The van der Waals surface area contributed by atoms with Gasteiger partial charge in [-0.3, -0.25) is 0 Å². The van der Waals surface area contributed by atoms with Crippen molar-refractivity contribution >= 4 is 24.8 Å². The van der Waals surface area contributed by atoms with Crippen molar-refractivity contribution in [1.29, 1.82) is 0 Å². The first-order chi connectivity index (χ1) is 11.3. The second-order valence-corrected chi connectivity index (χ2v) is 8.27. The largest absolute Gasteiger partial charge is 0.302 e. The third kappa shape index (κ3) is 3.11. The third-order valence-corrected chi connectivity index (χ3v) is 7.00. The molecule has 3 aromatic rings. The smallest absolute Gasteiger partial charge is 0.135 e. The summed E-state index contributed by atoms with van der Waals surface area (Å²) in [7, 11) is -0.841. The molecular weight excluding hydrogens is 299 g/mol. The predicted molar refractivity (Wildman–Crippen MR) is 98.9 cm³/mol. The molecule has 23 heavy (non-hydrogen) atoms. The summed E-state index contributed by atoms with van der Waals surface area (Å²) in [5.41, 5.74) is 1.06. The van der Waals surface area contributed by atoms with Crippen LogP contribution in [-0.2, 0) is 9.95 Å². The first-order valence-electron chi connectivity index (χ1n) is 7.68. The van der Waals surface area contributed by atoms with E-state index in [4.69, 9.17) is 0 Å². The molecule has 1 unspecified atom stereocenters. The van der Waals surface area contributed by atoms with Crippen LogP contribution in [0.5, 0.6) is 0 Å². The van der Waals surface area contributed by atoms with E-state index in [2.05, 4.69) is 43.3 Å². The summed E-state index contributed by atoms with van der Waals surface area (Å²) >= 11 is 0. The number of carbonyl (C=O) groups excluding carboxylic acids is 1. The van der Waals surface area contributed by atoms with Crippen LogP contribution >= 0.6 is 7.92 Å². The van der Waals surface area contributed by atoms with Crippen LogP contribution in [-0.4, -0.2) is 6.29 Å². The molecule has 1 nitrogen and oxygen atoms in total. The average Bonchev–Trinajstić information content (AvgIpc) is 2.64. The van der Waals surface area contributed by atoms with Crippen molar-refractivity contribution in [2.24, 2.45) is 0 Å². The maximum absolute atomic E-state index is 12.2. The lowest BCUT2D eigenvalue weighted by Gasteiger charge is -2.34. The van der Waals surface area contributed by atoms with E-state index < -0.39 is 13.1 Å². The molecule has 0 radical (unpaired) electrons. The van der Waals surface area contributed by atoms with Gasteiger partial charge in [0.2, 0.25) is 0 Å². The Kier molecular flexibility index (Phi) is 4.69. The lowest BCUT2D eigenvalue weighted by molar-refractivity contribution is -0.109. The summed E-state index contributed by atoms with van der Waals surface area (Å²) in [4.78, 5) is 12.2. The van der Waals surface area contributed by atoms with Crippen LogP contribution in [0, 0.1) is 0 Å². The number of benzene rings is 3. The maximum Gasteiger partial charge on any atom is 0.135 e. The fourth-order valence-electron chi connectivity index (χ4n) is 2.86. The van der Waals surface area contributed by atoms with E-state index in [0.717, 1.165) is 11.8 Å². The zero-order valence-electron chi connectivity index (χ0n) is 13.1. The minimum Gasteiger partial charge on any atom is -0.302 e. The van der Waals surface area contributed by atoms with Crippen LogP contribution in [0.15, 0.2) is 91.0 Å². The summed E-state index contributed by atoms with van der Waals surface area (Å²) in [5.74, 6) is 0. The first-order valence-corrected chi connectivity index (χ1v) is 9.02. The van der Waals surface area contributed by atoms with Gasteiger partial charge >= 0.3 is 0 Å². The highest BCUT2D eigenvalue weighted by Crippen LogP contribution is 2.52. The molecule has 0 aliphatic rings. The fraction of sp³-hybridized carbons (Fsp3) is 0.0952. The van der Waals surface area contributed by atoms with Crippen LogP contribution in [0.1, 0.15) is 12.5 Å². The lowest BCUT2D eigenvalue weighted by atomic mass is 10.0. The molecule has 1 atom stereocenters. The number of hydrogen-bond acceptors (Lipinski definition) is 1. The van der Waals surface area contributed by atoms with E-state index in [0.29, 0.717) is 0 Å². The van der Waals surface area contributed by atoms with E-state index >= 15 is 0 Å².